The number of ether oxygens (including phenoxy) is 3. The second-order valence-corrected chi connectivity index (χ2v) is 16.7. The van der Waals surface area contributed by atoms with Crippen LogP contribution in [0.15, 0.2) is 83.8 Å². The number of sulfonamides is 1. The number of nitrogens with zero attached hydrogens (tertiary/aromatic N) is 3. The average molecular weight is 766 g/mol. The summed E-state index contributed by atoms with van der Waals surface area (Å²) in [7, 11) is -3.83. The Hall–Kier alpha value is -5.15. The summed E-state index contributed by atoms with van der Waals surface area (Å²) in [6.07, 6.45) is -1.07. The Balaban J connectivity index is 1.28. The van der Waals surface area contributed by atoms with Crippen molar-refractivity contribution in [1.29, 1.82) is 0 Å². The Morgan fingerprint density at radius 3 is 1.96 bits per heavy atom. The molecule has 1 fully saturated rings. The fourth-order valence-corrected chi connectivity index (χ4v) is 6.72. The third-order valence-electron chi connectivity index (χ3n) is 7.97. The molecule has 0 radical (unpaired) electrons. The van der Waals surface area contributed by atoms with Gasteiger partial charge in [-0.15, -0.1) is 0 Å². The molecular formula is C39H51N5O9S. The maximum Gasteiger partial charge on any atom is 0.410 e. The maximum absolute atomic E-state index is 13.3. The smallest absolute Gasteiger partial charge is 0.410 e. The standard InChI is InChI=1S/C39H51N5O9S/c1-38(2,3)52-35(46)40-21-10-22-43(37(48)53-39(4,5)6)27-29-13-15-31(16-14-29)34(45)41-32-17-19-33(20-18-32)54(49,50)44-25-23-42(24-26-44)36(47)51-28-30-11-8-7-9-12-30/h7-9,11-20H,10,21-28H2,1-6H3,(H,40,46)(H,41,45). The van der Waals surface area contributed by atoms with Crippen molar-refractivity contribution in [2.45, 2.75) is 77.2 Å². The second-order valence-electron chi connectivity index (χ2n) is 14.8. The van der Waals surface area contributed by atoms with Crippen LogP contribution >= 0.6 is 0 Å². The Morgan fingerprint density at radius 1 is 0.759 bits per heavy atom. The minimum Gasteiger partial charge on any atom is -0.445 e. The Bertz CT molecular complexity index is 1830. The molecule has 0 atom stereocenters. The zero-order valence-corrected chi connectivity index (χ0v) is 32.6. The van der Waals surface area contributed by atoms with Gasteiger partial charge in [0.2, 0.25) is 10.0 Å². The van der Waals surface area contributed by atoms with E-state index in [1.165, 1.54) is 38.4 Å². The lowest BCUT2D eigenvalue weighted by Gasteiger charge is -2.33. The minimum absolute atomic E-state index is 0.0696. The lowest BCUT2D eigenvalue weighted by molar-refractivity contribution is 0.0231. The van der Waals surface area contributed by atoms with Gasteiger partial charge in [0.25, 0.3) is 5.91 Å². The van der Waals surface area contributed by atoms with Gasteiger partial charge in [-0.25, -0.2) is 22.8 Å². The molecule has 54 heavy (non-hydrogen) atoms. The summed E-state index contributed by atoms with van der Waals surface area (Å²) in [6, 6.07) is 22.0. The van der Waals surface area contributed by atoms with E-state index in [1.807, 2.05) is 30.3 Å². The number of hydrogen-bond acceptors (Lipinski definition) is 9. The molecule has 14 nitrogen and oxygen atoms in total. The van der Waals surface area contributed by atoms with Crippen LogP contribution in [0.2, 0.25) is 0 Å². The van der Waals surface area contributed by atoms with E-state index in [9.17, 15) is 27.6 Å². The molecule has 1 aliphatic heterocycles. The third kappa shape index (κ3) is 13.1. The van der Waals surface area contributed by atoms with Crippen molar-refractivity contribution in [1.82, 2.24) is 19.4 Å². The van der Waals surface area contributed by atoms with Crippen LogP contribution in [0.25, 0.3) is 0 Å². The first-order valence-electron chi connectivity index (χ1n) is 17.8. The lowest BCUT2D eigenvalue weighted by atomic mass is 10.1. The highest BCUT2D eigenvalue weighted by atomic mass is 32.2. The molecule has 0 unspecified atom stereocenters. The van der Waals surface area contributed by atoms with Gasteiger partial charge in [0.1, 0.15) is 17.8 Å². The SMILES string of the molecule is CC(C)(C)OC(=O)NCCCN(Cc1ccc(C(=O)Nc2ccc(S(=O)(=O)N3CCN(C(=O)OCc4ccccc4)CC3)cc2)cc1)C(=O)OC(C)(C)C. The van der Waals surface area contributed by atoms with E-state index in [0.717, 1.165) is 11.1 Å². The molecule has 15 heteroatoms. The molecular weight excluding hydrogens is 715 g/mol. The number of hydrogen-bond donors (Lipinski definition) is 2. The number of carbonyl (C=O) groups is 4. The summed E-state index contributed by atoms with van der Waals surface area (Å²) < 4.78 is 44.2. The van der Waals surface area contributed by atoms with Crippen LogP contribution in [0, 0.1) is 0 Å². The molecule has 4 amide bonds. The summed E-state index contributed by atoms with van der Waals surface area (Å²) in [5.74, 6) is -0.398. The summed E-state index contributed by atoms with van der Waals surface area (Å²) in [6.45, 7) is 12.3. The highest BCUT2D eigenvalue weighted by Crippen LogP contribution is 2.21. The molecule has 0 spiro atoms. The van der Waals surface area contributed by atoms with Gasteiger partial charge in [-0.2, -0.15) is 4.31 Å². The van der Waals surface area contributed by atoms with Crippen LogP contribution in [0.4, 0.5) is 20.1 Å². The fourth-order valence-electron chi connectivity index (χ4n) is 5.30. The molecule has 0 aliphatic carbocycles. The van der Waals surface area contributed by atoms with E-state index in [1.54, 1.807) is 65.8 Å². The number of benzene rings is 3. The first-order chi connectivity index (χ1) is 25.4. The van der Waals surface area contributed by atoms with E-state index >= 15 is 0 Å². The van der Waals surface area contributed by atoms with Crippen molar-refractivity contribution in [3.63, 3.8) is 0 Å². The van der Waals surface area contributed by atoms with Crippen molar-refractivity contribution in [3.05, 3.63) is 95.6 Å². The van der Waals surface area contributed by atoms with Gasteiger partial charge in [0.05, 0.1) is 4.90 Å². The topological polar surface area (TPSA) is 164 Å². The zero-order chi connectivity index (χ0) is 39.5. The van der Waals surface area contributed by atoms with Crippen molar-refractivity contribution in [2.75, 3.05) is 44.6 Å². The van der Waals surface area contributed by atoms with Crippen molar-refractivity contribution in [2.24, 2.45) is 0 Å². The quantitative estimate of drug-likeness (QED) is 0.161. The van der Waals surface area contributed by atoms with E-state index in [4.69, 9.17) is 14.2 Å². The summed E-state index contributed by atoms with van der Waals surface area (Å²) >= 11 is 0. The fraction of sp³-hybridized carbons (Fsp3) is 0.436. The third-order valence-corrected chi connectivity index (χ3v) is 9.88. The number of amides is 4. The molecule has 2 N–H and O–H groups in total. The molecule has 292 valence electrons. The highest BCUT2D eigenvalue weighted by molar-refractivity contribution is 7.89. The van der Waals surface area contributed by atoms with Gasteiger partial charge >= 0.3 is 18.3 Å². The molecule has 0 bridgehead atoms. The molecule has 3 aromatic rings. The van der Waals surface area contributed by atoms with Crippen LogP contribution in [-0.2, 0) is 37.4 Å². The maximum atomic E-state index is 13.3. The summed E-state index contributed by atoms with van der Waals surface area (Å²) in [5, 5.41) is 5.48. The van der Waals surface area contributed by atoms with Crippen LogP contribution in [0.1, 0.15) is 69.4 Å². The lowest BCUT2D eigenvalue weighted by Crippen LogP contribution is -2.50. The van der Waals surface area contributed by atoms with Crippen molar-refractivity contribution < 1.29 is 41.8 Å². The van der Waals surface area contributed by atoms with Crippen LogP contribution in [0.5, 0.6) is 0 Å². The molecule has 4 rings (SSSR count). The normalized spacial score (nSPS) is 13.8. The van der Waals surface area contributed by atoms with Crippen LogP contribution < -0.4 is 10.6 Å². The minimum atomic E-state index is -3.83. The van der Waals surface area contributed by atoms with E-state index in [-0.39, 0.29) is 44.2 Å². The largest absolute Gasteiger partial charge is 0.445 e. The monoisotopic (exact) mass is 765 g/mol. The predicted molar refractivity (Wildman–Crippen MR) is 203 cm³/mol. The van der Waals surface area contributed by atoms with Gasteiger partial charge in [-0.3, -0.25) is 4.79 Å². The number of piperazine rings is 1. The van der Waals surface area contributed by atoms with E-state index < -0.39 is 45.4 Å². The Morgan fingerprint density at radius 2 is 1.37 bits per heavy atom. The zero-order valence-electron chi connectivity index (χ0n) is 31.8. The highest BCUT2D eigenvalue weighted by Gasteiger charge is 2.31. The van der Waals surface area contributed by atoms with Gasteiger partial charge in [0, 0.05) is 57.1 Å². The van der Waals surface area contributed by atoms with Gasteiger partial charge < -0.3 is 34.6 Å². The van der Waals surface area contributed by atoms with Gasteiger partial charge in [0.15, 0.2) is 0 Å². The Kier molecular flexibility index (Phi) is 14.1. The van der Waals surface area contributed by atoms with Gasteiger partial charge in [-0.05, 0) is 95.5 Å². The second kappa shape index (κ2) is 18.3. The number of anilines is 1. The number of rotatable bonds is 12. The molecule has 0 saturated carbocycles. The molecule has 1 heterocycles. The molecule has 3 aromatic carbocycles. The Labute approximate surface area is 317 Å². The first kappa shape index (κ1) is 41.6. The number of nitrogens with one attached hydrogen (secondary N) is 2. The van der Waals surface area contributed by atoms with E-state index in [2.05, 4.69) is 10.6 Å². The number of alkyl carbamates (subject to hydrolysis) is 1. The number of carbonyl (C=O) groups excluding carboxylic acids is 4. The van der Waals surface area contributed by atoms with Crippen LogP contribution in [-0.4, -0.2) is 97.2 Å². The van der Waals surface area contributed by atoms with Gasteiger partial charge in [-0.1, -0.05) is 42.5 Å². The molecule has 1 aliphatic rings. The molecule has 0 aromatic heterocycles. The average Bonchev–Trinajstić information content (AvgIpc) is 3.11. The van der Waals surface area contributed by atoms with Crippen LogP contribution in [0.3, 0.4) is 0 Å². The predicted octanol–water partition coefficient (Wildman–Crippen LogP) is 6.23. The van der Waals surface area contributed by atoms with E-state index in [0.29, 0.717) is 30.8 Å². The first-order valence-corrected chi connectivity index (χ1v) is 19.2. The summed E-state index contributed by atoms with van der Waals surface area (Å²) in [5.41, 5.74) is 1.07. The van der Waals surface area contributed by atoms with Crippen molar-refractivity contribution >= 4 is 39.9 Å². The molecule has 1 saturated heterocycles. The van der Waals surface area contributed by atoms with Crippen molar-refractivity contribution in [3.8, 4) is 0 Å². The summed E-state index contributed by atoms with van der Waals surface area (Å²) in [4.78, 5) is 53.7.